The third-order valence-corrected chi connectivity index (χ3v) is 2.65. The number of nitrogens with two attached hydrogens (primary N) is 1. The fraction of sp³-hybridized carbons (Fsp3) is 0.222. The van der Waals surface area contributed by atoms with E-state index in [1.807, 2.05) is 0 Å². The fourth-order valence-electron chi connectivity index (χ4n) is 1.37. The van der Waals surface area contributed by atoms with Crippen LogP contribution in [0.25, 0.3) is 11.0 Å². The van der Waals surface area contributed by atoms with Crippen molar-refractivity contribution in [3.8, 4) is 0 Å². The van der Waals surface area contributed by atoms with E-state index in [0.717, 1.165) is 6.20 Å². The van der Waals surface area contributed by atoms with Crippen LogP contribution in [0, 0.1) is 5.82 Å². The van der Waals surface area contributed by atoms with Crippen molar-refractivity contribution in [3.63, 3.8) is 0 Å². The molecule has 0 saturated carbocycles. The molecule has 0 aliphatic heterocycles. The van der Waals surface area contributed by atoms with Crippen molar-refractivity contribution in [1.82, 2.24) is 14.8 Å². The van der Waals surface area contributed by atoms with Gasteiger partial charge in [0.2, 0.25) is 5.91 Å². The molecule has 0 aliphatic carbocycles. The summed E-state index contributed by atoms with van der Waals surface area (Å²) in [6.07, 6.45) is 2.41. The molecule has 2 heterocycles. The van der Waals surface area contributed by atoms with Crippen molar-refractivity contribution in [2.45, 2.75) is 13.0 Å². The first-order valence-corrected chi connectivity index (χ1v) is 4.86. The Morgan fingerprint density at radius 2 is 2.31 bits per heavy atom. The number of carbonyl (C=O) groups excluding carboxylic acids is 1. The van der Waals surface area contributed by atoms with Gasteiger partial charge in [-0.15, -0.1) is 0 Å². The van der Waals surface area contributed by atoms with Gasteiger partial charge in [-0.05, 0) is 6.92 Å². The summed E-state index contributed by atoms with van der Waals surface area (Å²) in [4.78, 5) is 14.9. The molecule has 0 bridgehead atoms. The summed E-state index contributed by atoms with van der Waals surface area (Å²) in [5, 5.41) is 3.81. The van der Waals surface area contributed by atoms with E-state index in [1.54, 1.807) is 6.92 Å². The number of primary amides is 1. The summed E-state index contributed by atoms with van der Waals surface area (Å²) < 4.78 is 14.5. The lowest BCUT2D eigenvalue weighted by Gasteiger charge is -2.09. The van der Waals surface area contributed by atoms with Crippen LogP contribution in [0.3, 0.4) is 0 Å². The Kier molecular flexibility index (Phi) is 2.51. The van der Waals surface area contributed by atoms with Crippen LogP contribution in [0.4, 0.5) is 4.39 Å². The molecule has 2 aromatic rings. The van der Waals surface area contributed by atoms with Gasteiger partial charge < -0.3 is 5.73 Å². The number of carbonyl (C=O) groups is 1. The first-order valence-electron chi connectivity index (χ1n) is 4.49. The predicted octanol–water partition coefficient (Wildman–Crippen LogP) is 1.27. The smallest absolute Gasteiger partial charge is 0.242 e. The minimum absolute atomic E-state index is 0.115. The zero-order chi connectivity index (χ0) is 11.9. The molecule has 0 aromatic carbocycles. The molecule has 2 N–H and O–H groups in total. The largest absolute Gasteiger partial charge is 0.368 e. The van der Waals surface area contributed by atoms with Crippen LogP contribution in [-0.4, -0.2) is 20.7 Å². The molecule has 16 heavy (non-hydrogen) atoms. The van der Waals surface area contributed by atoms with E-state index in [4.69, 9.17) is 17.3 Å². The first-order chi connectivity index (χ1) is 7.52. The van der Waals surface area contributed by atoms with Crippen molar-refractivity contribution >= 4 is 28.5 Å². The lowest BCUT2D eigenvalue weighted by molar-refractivity contribution is -0.120. The molecular formula is C9H8ClFN4O. The molecule has 0 saturated heterocycles. The molecule has 5 nitrogen and oxygen atoms in total. The molecule has 84 valence electrons. The summed E-state index contributed by atoms with van der Waals surface area (Å²) in [6.45, 7) is 1.55. The van der Waals surface area contributed by atoms with Crippen LogP contribution >= 0.6 is 11.6 Å². The Balaban J connectivity index is 2.72. The first kappa shape index (κ1) is 10.8. The monoisotopic (exact) mass is 242 g/mol. The number of rotatable bonds is 2. The number of nitrogens with zero attached hydrogens (tertiary/aromatic N) is 3. The third-order valence-electron chi connectivity index (χ3n) is 2.29. The van der Waals surface area contributed by atoms with Gasteiger partial charge in [0.25, 0.3) is 0 Å². The van der Waals surface area contributed by atoms with Crippen LogP contribution in [-0.2, 0) is 4.79 Å². The zero-order valence-corrected chi connectivity index (χ0v) is 9.07. The molecule has 0 aliphatic rings. The van der Waals surface area contributed by atoms with Crippen LogP contribution < -0.4 is 5.73 Å². The topological polar surface area (TPSA) is 73.8 Å². The van der Waals surface area contributed by atoms with Crippen molar-refractivity contribution in [3.05, 3.63) is 23.2 Å². The van der Waals surface area contributed by atoms with Crippen molar-refractivity contribution < 1.29 is 9.18 Å². The zero-order valence-electron chi connectivity index (χ0n) is 8.32. The Bertz CT molecular complexity index is 568. The molecular weight excluding hydrogens is 235 g/mol. The molecule has 7 heteroatoms. The number of aromatic nitrogens is 3. The Labute approximate surface area is 95.0 Å². The van der Waals surface area contributed by atoms with E-state index in [0.29, 0.717) is 5.52 Å². The molecule has 1 atom stereocenters. The van der Waals surface area contributed by atoms with Gasteiger partial charge in [-0.3, -0.25) is 4.79 Å². The number of amides is 1. The number of halogens is 2. The SMILES string of the molecule is CC(C(N)=O)n1ncc2ncc(F)c(Cl)c21. The molecule has 0 fully saturated rings. The summed E-state index contributed by atoms with van der Waals surface area (Å²) in [7, 11) is 0. The Morgan fingerprint density at radius 3 is 2.94 bits per heavy atom. The minimum Gasteiger partial charge on any atom is -0.368 e. The lowest BCUT2D eigenvalue weighted by atomic mass is 10.3. The molecule has 2 rings (SSSR count). The van der Waals surface area contributed by atoms with E-state index in [9.17, 15) is 9.18 Å². The standard InChI is InChI=1S/C9H8ClFN4O/c1-4(9(12)16)15-8-6(3-14-15)13-2-5(11)7(8)10/h2-4H,1H3,(H2,12,16). The Morgan fingerprint density at radius 1 is 1.62 bits per heavy atom. The average molecular weight is 243 g/mol. The number of pyridine rings is 1. The highest BCUT2D eigenvalue weighted by Gasteiger charge is 2.19. The van der Waals surface area contributed by atoms with E-state index < -0.39 is 17.8 Å². The molecule has 0 radical (unpaired) electrons. The van der Waals surface area contributed by atoms with E-state index in [-0.39, 0.29) is 10.5 Å². The fourth-order valence-corrected chi connectivity index (χ4v) is 1.60. The predicted molar refractivity (Wildman–Crippen MR) is 56.4 cm³/mol. The average Bonchev–Trinajstić information content (AvgIpc) is 2.66. The number of hydrogen-bond donors (Lipinski definition) is 1. The highest BCUT2D eigenvalue weighted by molar-refractivity contribution is 6.35. The van der Waals surface area contributed by atoms with Crippen LogP contribution in [0.2, 0.25) is 5.02 Å². The number of hydrogen-bond acceptors (Lipinski definition) is 3. The van der Waals surface area contributed by atoms with Gasteiger partial charge in [0, 0.05) is 0 Å². The van der Waals surface area contributed by atoms with Gasteiger partial charge >= 0.3 is 0 Å². The summed E-state index contributed by atoms with van der Waals surface area (Å²) >= 11 is 5.79. The second-order valence-corrected chi connectivity index (χ2v) is 3.70. The van der Waals surface area contributed by atoms with Gasteiger partial charge in [-0.2, -0.15) is 5.10 Å². The second kappa shape index (κ2) is 3.71. The van der Waals surface area contributed by atoms with E-state index in [2.05, 4.69) is 10.1 Å². The molecule has 0 spiro atoms. The highest BCUT2D eigenvalue weighted by atomic mass is 35.5. The van der Waals surface area contributed by atoms with Crippen molar-refractivity contribution in [2.75, 3.05) is 0 Å². The van der Waals surface area contributed by atoms with Gasteiger partial charge in [0.15, 0.2) is 5.82 Å². The van der Waals surface area contributed by atoms with Gasteiger partial charge in [0.05, 0.1) is 12.4 Å². The van der Waals surface area contributed by atoms with Gasteiger partial charge in [-0.1, -0.05) is 11.6 Å². The quantitative estimate of drug-likeness (QED) is 0.862. The van der Waals surface area contributed by atoms with Gasteiger partial charge in [0.1, 0.15) is 22.1 Å². The van der Waals surface area contributed by atoms with E-state index >= 15 is 0 Å². The van der Waals surface area contributed by atoms with Crippen LogP contribution in [0.1, 0.15) is 13.0 Å². The van der Waals surface area contributed by atoms with Gasteiger partial charge in [-0.25, -0.2) is 14.1 Å². The summed E-state index contributed by atoms with van der Waals surface area (Å²) in [5.74, 6) is -1.24. The lowest BCUT2D eigenvalue weighted by Crippen LogP contribution is -2.24. The third kappa shape index (κ3) is 1.51. The van der Waals surface area contributed by atoms with Crippen molar-refractivity contribution in [1.29, 1.82) is 0 Å². The Hall–Kier alpha value is -1.69. The van der Waals surface area contributed by atoms with E-state index in [1.165, 1.54) is 10.9 Å². The van der Waals surface area contributed by atoms with Crippen molar-refractivity contribution in [2.24, 2.45) is 5.73 Å². The molecule has 1 unspecified atom stereocenters. The highest BCUT2D eigenvalue weighted by Crippen LogP contribution is 2.26. The second-order valence-electron chi connectivity index (χ2n) is 3.32. The molecule has 2 aromatic heterocycles. The molecule has 1 amide bonds. The van der Waals surface area contributed by atoms with Crippen LogP contribution in [0.5, 0.6) is 0 Å². The van der Waals surface area contributed by atoms with Crippen LogP contribution in [0.15, 0.2) is 12.4 Å². The maximum Gasteiger partial charge on any atom is 0.242 e. The summed E-state index contributed by atoms with van der Waals surface area (Å²) in [5.41, 5.74) is 5.84. The minimum atomic E-state index is -0.710. The normalized spacial score (nSPS) is 12.9. The maximum atomic E-state index is 13.2. The summed E-state index contributed by atoms with van der Waals surface area (Å²) in [6, 6.07) is -0.710. The number of fused-ring (bicyclic) bond motifs is 1. The maximum absolute atomic E-state index is 13.2.